The molecule has 0 amide bonds. The molecule has 0 N–H and O–H groups in total. The molecule has 3 nitrogen and oxygen atoms in total. The van der Waals surface area contributed by atoms with Crippen LogP contribution in [0.4, 0.5) is 0 Å². The van der Waals surface area contributed by atoms with Gasteiger partial charge in [-0.2, -0.15) is 15.0 Å². The molecule has 0 bridgehead atoms. The average Bonchev–Trinajstić information content (AvgIpc) is 2.74. The zero-order valence-corrected chi connectivity index (χ0v) is 10.6. The van der Waals surface area contributed by atoms with Crippen molar-refractivity contribution in [3.8, 4) is 0 Å². The minimum absolute atomic E-state index is 0.696. The summed E-state index contributed by atoms with van der Waals surface area (Å²) in [6, 6.07) is 16.1. The van der Waals surface area contributed by atoms with Gasteiger partial charge in [-0.3, -0.25) is 0 Å². The van der Waals surface area contributed by atoms with E-state index in [0.717, 1.165) is 15.5 Å². The molecule has 0 spiro atoms. The van der Waals surface area contributed by atoms with Crippen LogP contribution < -0.4 is 0 Å². The molecule has 0 radical (unpaired) electrons. The molecule has 1 heterocycles. The van der Waals surface area contributed by atoms with Gasteiger partial charge in [-0.25, -0.2) is 0 Å². The standard InChI is InChI=1S/C13H10BrN3/c14-11-7-5-10(6-8-11)9-17-15-12-3-1-2-4-13(12)16-17/h1-8H,9H2. The highest BCUT2D eigenvalue weighted by Crippen LogP contribution is 2.12. The number of hydrogen-bond acceptors (Lipinski definition) is 2. The van der Waals surface area contributed by atoms with Crippen LogP contribution in [0, 0.1) is 0 Å². The van der Waals surface area contributed by atoms with Crippen LogP contribution in [-0.2, 0) is 6.54 Å². The van der Waals surface area contributed by atoms with E-state index < -0.39 is 0 Å². The smallest absolute Gasteiger partial charge is 0.113 e. The molecule has 3 aromatic rings. The molecule has 1 aromatic heterocycles. The first kappa shape index (κ1) is 10.5. The summed E-state index contributed by atoms with van der Waals surface area (Å²) in [5.41, 5.74) is 3.06. The molecule has 84 valence electrons. The monoisotopic (exact) mass is 287 g/mol. The van der Waals surface area contributed by atoms with Crippen molar-refractivity contribution >= 4 is 27.0 Å². The van der Waals surface area contributed by atoms with Gasteiger partial charge < -0.3 is 0 Å². The van der Waals surface area contributed by atoms with Gasteiger partial charge in [0.2, 0.25) is 0 Å². The number of halogens is 1. The molecule has 0 saturated carbocycles. The lowest BCUT2D eigenvalue weighted by molar-refractivity contribution is 0.600. The van der Waals surface area contributed by atoms with E-state index in [2.05, 4.69) is 38.3 Å². The van der Waals surface area contributed by atoms with Crippen LogP contribution in [-0.4, -0.2) is 15.0 Å². The van der Waals surface area contributed by atoms with Crippen molar-refractivity contribution in [2.45, 2.75) is 6.54 Å². The molecule has 2 aromatic carbocycles. The maximum absolute atomic E-state index is 4.42. The second-order valence-corrected chi connectivity index (χ2v) is 4.76. The van der Waals surface area contributed by atoms with Crippen molar-refractivity contribution in [3.63, 3.8) is 0 Å². The van der Waals surface area contributed by atoms with Crippen molar-refractivity contribution in [2.75, 3.05) is 0 Å². The Morgan fingerprint density at radius 1 is 0.882 bits per heavy atom. The highest BCUT2D eigenvalue weighted by Gasteiger charge is 2.01. The third-order valence-electron chi connectivity index (χ3n) is 2.57. The van der Waals surface area contributed by atoms with Crippen LogP contribution in [0.3, 0.4) is 0 Å². The van der Waals surface area contributed by atoms with Crippen molar-refractivity contribution < 1.29 is 0 Å². The molecule has 0 aliphatic rings. The molecular formula is C13H10BrN3. The fraction of sp³-hybridized carbons (Fsp3) is 0.0769. The van der Waals surface area contributed by atoms with Crippen molar-refractivity contribution in [3.05, 3.63) is 58.6 Å². The summed E-state index contributed by atoms with van der Waals surface area (Å²) >= 11 is 3.42. The normalized spacial score (nSPS) is 10.9. The summed E-state index contributed by atoms with van der Waals surface area (Å²) < 4.78 is 1.08. The molecule has 4 heteroatoms. The van der Waals surface area contributed by atoms with Gasteiger partial charge in [0.25, 0.3) is 0 Å². The van der Waals surface area contributed by atoms with Crippen LogP contribution in [0.15, 0.2) is 53.0 Å². The SMILES string of the molecule is Brc1ccc(Cn2nc3ccccc3n2)cc1. The summed E-state index contributed by atoms with van der Waals surface area (Å²) in [5, 5.41) is 8.85. The second-order valence-electron chi connectivity index (χ2n) is 3.85. The Labute approximate surface area is 107 Å². The minimum atomic E-state index is 0.696. The van der Waals surface area contributed by atoms with Crippen LogP contribution in [0.1, 0.15) is 5.56 Å². The predicted molar refractivity (Wildman–Crippen MR) is 70.8 cm³/mol. The fourth-order valence-corrected chi connectivity index (χ4v) is 1.99. The van der Waals surface area contributed by atoms with Crippen LogP contribution in [0.5, 0.6) is 0 Å². The van der Waals surface area contributed by atoms with Crippen molar-refractivity contribution in [1.82, 2.24) is 15.0 Å². The Hall–Kier alpha value is -1.68. The zero-order valence-electron chi connectivity index (χ0n) is 9.05. The first-order valence-corrected chi connectivity index (χ1v) is 6.15. The van der Waals surface area contributed by atoms with Crippen LogP contribution >= 0.6 is 15.9 Å². The van der Waals surface area contributed by atoms with Crippen LogP contribution in [0.25, 0.3) is 11.0 Å². The van der Waals surface area contributed by atoms with E-state index in [1.807, 2.05) is 36.4 Å². The number of nitrogens with zero attached hydrogens (tertiary/aromatic N) is 3. The van der Waals surface area contributed by atoms with Gasteiger partial charge in [0, 0.05) is 4.47 Å². The summed E-state index contributed by atoms with van der Waals surface area (Å²) in [5.74, 6) is 0. The Bertz CT molecular complexity index is 610. The maximum Gasteiger partial charge on any atom is 0.113 e. The lowest BCUT2D eigenvalue weighted by Gasteiger charge is -1.99. The predicted octanol–water partition coefficient (Wildman–Crippen LogP) is 3.24. The molecule has 3 rings (SSSR count). The number of rotatable bonds is 2. The van der Waals surface area contributed by atoms with Gasteiger partial charge in [-0.05, 0) is 29.8 Å². The molecule has 0 aliphatic carbocycles. The van der Waals surface area contributed by atoms with E-state index in [1.54, 1.807) is 4.80 Å². The Morgan fingerprint density at radius 3 is 2.06 bits per heavy atom. The first-order valence-electron chi connectivity index (χ1n) is 5.35. The van der Waals surface area contributed by atoms with E-state index in [4.69, 9.17) is 0 Å². The molecule has 17 heavy (non-hydrogen) atoms. The largest absolute Gasteiger partial charge is 0.179 e. The number of hydrogen-bond donors (Lipinski definition) is 0. The van der Waals surface area contributed by atoms with Crippen molar-refractivity contribution in [2.24, 2.45) is 0 Å². The quantitative estimate of drug-likeness (QED) is 0.724. The molecule has 0 unspecified atom stereocenters. The van der Waals surface area contributed by atoms with E-state index in [-0.39, 0.29) is 0 Å². The third kappa shape index (κ3) is 2.22. The van der Waals surface area contributed by atoms with E-state index in [0.29, 0.717) is 6.54 Å². The van der Waals surface area contributed by atoms with Gasteiger partial charge in [0.1, 0.15) is 11.0 Å². The molecule has 0 fully saturated rings. The first-order chi connectivity index (χ1) is 8.31. The molecular weight excluding hydrogens is 278 g/mol. The summed E-state index contributed by atoms with van der Waals surface area (Å²) in [6.45, 7) is 0.696. The topological polar surface area (TPSA) is 30.7 Å². The highest BCUT2D eigenvalue weighted by molar-refractivity contribution is 9.10. The van der Waals surface area contributed by atoms with Gasteiger partial charge in [0.05, 0.1) is 6.54 Å². The van der Waals surface area contributed by atoms with Crippen molar-refractivity contribution in [1.29, 1.82) is 0 Å². The lowest BCUT2D eigenvalue weighted by atomic mass is 10.2. The molecule has 0 atom stereocenters. The lowest BCUT2D eigenvalue weighted by Crippen LogP contribution is -2.03. The number of aromatic nitrogens is 3. The summed E-state index contributed by atoms with van der Waals surface area (Å²) in [4.78, 5) is 1.73. The minimum Gasteiger partial charge on any atom is -0.179 e. The second kappa shape index (κ2) is 4.30. The Kier molecular flexibility index (Phi) is 2.65. The summed E-state index contributed by atoms with van der Waals surface area (Å²) in [6.07, 6.45) is 0. The number of fused-ring (bicyclic) bond motifs is 1. The van der Waals surface area contributed by atoms with Gasteiger partial charge in [-0.15, -0.1) is 0 Å². The van der Waals surface area contributed by atoms with Gasteiger partial charge >= 0.3 is 0 Å². The average molecular weight is 288 g/mol. The highest BCUT2D eigenvalue weighted by atomic mass is 79.9. The van der Waals surface area contributed by atoms with E-state index in [9.17, 15) is 0 Å². The number of benzene rings is 2. The fourth-order valence-electron chi connectivity index (χ4n) is 1.73. The Morgan fingerprint density at radius 2 is 1.47 bits per heavy atom. The van der Waals surface area contributed by atoms with Crippen LogP contribution in [0.2, 0.25) is 0 Å². The third-order valence-corrected chi connectivity index (χ3v) is 3.09. The van der Waals surface area contributed by atoms with E-state index >= 15 is 0 Å². The van der Waals surface area contributed by atoms with E-state index in [1.165, 1.54) is 5.56 Å². The molecule has 0 saturated heterocycles. The Balaban J connectivity index is 1.92. The van der Waals surface area contributed by atoms with Gasteiger partial charge in [0.15, 0.2) is 0 Å². The molecule has 0 aliphatic heterocycles. The zero-order chi connectivity index (χ0) is 11.7. The maximum atomic E-state index is 4.42. The van der Waals surface area contributed by atoms with Gasteiger partial charge in [-0.1, -0.05) is 40.2 Å². The summed E-state index contributed by atoms with van der Waals surface area (Å²) in [7, 11) is 0.